The summed E-state index contributed by atoms with van der Waals surface area (Å²) in [5.41, 5.74) is 0.0458. The van der Waals surface area contributed by atoms with Crippen LogP contribution in [-0.4, -0.2) is 47.3 Å². The van der Waals surface area contributed by atoms with E-state index in [9.17, 15) is 26.4 Å². The van der Waals surface area contributed by atoms with E-state index in [1.54, 1.807) is 7.05 Å². The summed E-state index contributed by atoms with van der Waals surface area (Å²) in [4.78, 5) is 16.7. The van der Waals surface area contributed by atoms with Gasteiger partial charge in [0.25, 0.3) is 15.9 Å². The topological polar surface area (TPSA) is 84.3 Å². The zero-order chi connectivity index (χ0) is 23.8. The van der Waals surface area contributed by atoms with Crippen LogP contribution in [-0.2, 0) is 23.2 Å². The highest BCUT2D eigenvalue weighted by Gasteiger charge is 2.41. The summed E-state index contributed by atoms with van der Waals surface area (Å²) in [7, 11) is -2.23. The Balaban J connectivity index is 1.58. The van der Waals surface area contributed by atoms with Crippen molar-refractivity contribution in [2.24, 2.45) is 7.05 Å². The number of hydrogen-bond acceptors (Lipinski definition) is 4. The molecule has 33 heavy (non-hydrogen) atoms. The summed E-state index contributed by atoms with van der Waals surface area (Å²) in [5, 5.41) is 2.72. The highest BCUT2D eigenvalue weighted by atomic mass is 32.2. The number of nitrogens with zero attached hydrogens (tertiary/aromatic N) is 3. The Morgan fingerprint density at radius 3 is 2.30 bits per heavy atom. The molecule has 1 aromatic heterocycles. The van der Waals surface area contributed by atoms with Crippen LogP contribution in [0.2, 0.25) is 0 Å². The summed E-state index contributed by atoms with van der Waals surface area (Å²) in [6, 6.07) is 12.5. The number of imidazole rings is 1. The number of hydrogen-bond donors (Lipinski definition) is 1. The quantitative estimate of drug-likeness (QED) is 0.611. The molecule has 1 saturated heterocycles. The van der Waals surface area contributed by atoms with Gasteiger partial charge in [-0.05, 0) is 29.8 Å². The lowest BCUT2D eigenvalue weighted by molar-refractivity contribution is -0.137. The Morgan fingerprint density at radius 2 is 1.73 bits per heavy atom. The van der Waals surface area contributed by atoms with E-state index in [0.717, 1.165) is 29.8 Å². The second-order valence-electron chi connectivity index (χ2n) is 7.87. The molecule has 2 unspecified atom stereocenters. The molecule has 174 valence electrons. The molecule has 0 radical (unpaired) electrons. The third kappa shape index (κ3) is 4.79. The van der Waals surface area contributed by atoms with Gasteiger partial charge in [0.1, 0.15) is 0 Å². The van der Waals surface area contributed by atoms with Gasteiger partial charge in [-0.25, -0.2) is 13.4 Å². The van der Waals surface area contributed by atoms with Gasteiger partial charge in [0, 0.05) is 37.8 Å². The van der Waals surface area contributed by atoms with Crippen molar-refractivity contribution in [1.29, 1.82) is 0 Å². The Bertz CT molecular complexity index is 1240. The van der Waals surface area contributed by atoms with Crippen LogP contribution in [0, 0.1) is 0 Å². The van der Waals surface area contributed by atoms with Crippen LogP contribution >= 0.6 is 0 Å². The number of halogens is 3. The predicted octanol–water partition coefficient (Wildman–Crippen LogP) is 3.03. The summed E-state index contributed by atoms with van der Waals surface area (Å²) in [6.45, 7) is 0.131. The first-order valence-electron chi connectivity index (χ1n) is 10.1. The van der Waals surface area contributed by atoms with Crippen LogP contribution in [0.4, 0.5) is 13.2 Å². The molecule has 2 heterocycles. The Kier molecular flexibility index (Phi) is 6.02. The second-order valence-corrected chi connectivity index (χ2v) is 9.76. The van der Waals surface area contributed by atoms with Gasteiger partial charge in [-0.2, -0.15) is 17.5 Å². The first kappa shape index (κ1) is 23.0. The van der Waals surface area contributed by atoms with Crippen LogP contribution in [0.5, 0.6) is 0 Å². The fraction of sp³-hybridized carbons (Fsp3) is 0.273. The largest absolute Gasteiger partial charge is 0.416 e. The molecule has 2 atom stereocenters. The molecule has 0 aliphatic carbocycles. The van der Waals surface area contributed by atoms with Crippen molar-refractivity contribution in [3.63, 3.8) is 0 Å². The van der Waals surface area contributed by atoms with Crippen molar-refractivity contribution in [2.75, 3.05) is 13.1 Å². The standard InChI is InChI=1S/C22H21F3N4O3S/c1-28-13-20(26-14-28)33(31,32)29-11-18(15-5-3-2-4-6-15)19(12-29)27-21(30)16-7-9-17(10-8-16)22(23,24)25/h2-10,13-14,18-19H,11-12H2,1H3,(H,27,30). The van der Waals surface area contributed by atoms with Crippen LogP contribution in [0.1, 0.15) is 27.4 Å². The molecule has 4 rings (SSSR count). The third-order valence-electron chi connectivity index (χ3n) is 5.59. The molecule has 2 aromatic carbocycles. The highest BCUT2D eigenvalue weighted by molar-refractivity contribution is 7.89. The first-order valence-corrected chi connectivity index (χ1v) is 11.5. The summed E-state index contributed by atoms with van der Waals surface area (Å²) in [6.07, 6.45) is -1.71. The van der Waals surface area contributed by atoms with Gasteiger partial charge in [-0.15, -0.1) is 0 Å². The van der Waals surface area contributed by atoms with E-state index >= 15 is 0 Å². The maximum atomic E-state index is 13.1. The molecule has 0 bridgehead atoms. The monoisotopic (exact) mass is 478 g/mol. The van der Waals surface area contributed by atoms with Gasteiger partial charge in [0.05, 0.1) is 17.9 Å². The lowest BCUT2D eigenvalue weighted by Gasteiger charge is -2.20. The van der Waals surface area contributed by atoms with Crippen molar-refractivity contribution >= 4 is 15.9 Å². The van der Waals surface area contributed by atoms with E-state index in [4.69, 9.17) is 0 Å². The van der Waals surface area contributed by atoms with Crippen LogP contribution < -0.4 is 5.32 Å². The Hall–Kier alpha value is -3.18. The minimum absolute atomic E-state index is 0.00480. The molecular formula is C22H21F3N4O3S. The smallest absolute Gasteiger partial charge is 0.347 e. The molecular weight excluding hydrogens is 457 g/mol. The lowest BCUT2D eigenvalue weighted by Crippen LogP contribution is -2.40. The van der Waals surface area contributed by atoms with Crippen LogP contribution in [0.3, 0.4) is 0 Å². The number of carbonyl (C=O) groups excluding carboxylic acids is 1. The number of rotatable bonds is 5. The molecule has 0 saturated carbocycles. The van der Waals surface area contributed by atoms with Crippen LogP contribution in [0.15, 0.2) is 72.1 Å². The molecule has 3 aromatic rings. The molecule has 1 fully saturated rings. The van der Waals surface area contributed by atoms with Crippen molar-refractivity contribution in [1.82, 2.24) is 19.2 Å². The van der Waals surface area contributed by atoms with E-state index in [1.165, 1.54) is 21.4 Å². The first-order chi connectivity index (χ1) is 15.6. The van der Waals surface area contributed by atoms with E-state index in [2.05, 4.69) is 10.3 Å². The summed E-state index contributed by atoms with van der Waals surface area (Å²) < 4.78 is 67.4. The number of nitrogens with one attached hydrogen (secondary N) is 1. The van der Waals surface area contributed by atoms with E-state index in [-0.39, 0.29) is 29.6 Å². The number of aromatic nitrogens is 2. The zero-order valence-corrected chi connectivity index (χ0v) is 18.3. The maximum Gasteiger partial charge on any atom is 0.416 e. The number of alkyl halides is 3. The van der Waals surface area contributed by atoms with Gasteiger partial charge in [0.15, 0.2) is 5.03 Å². The normalized spacial score (nSPS) is 19.5. The molecule has 0 spiro atoms. The molecule has 1 aliphatic rings. The van der Waals surface area contributed by atoms with E-state index < -0.39 is 33.7 Å². The summed E-state index contributed by atoms with van der Waals surface area (Å²) in [5.74, 6) is -0.921. The number of benzene rings is 2. The van der Waals surface area contributed by atoms with E-state index in [1.807, 2.05) is 30.3 Å². The zero-order valence-electron chi connectivity index (χ0n) is 17.5. The average Bonchev–Trinajstić information content (AvgIpc) is 3.41. The fourth-order valence-corrected chi connectivity index (χ4v) is 5.32. The van der Waals surface area contributed by atoms with Crippen molar-refractivity contribution in [3.8, 4) is 0 Å². The van der Waals surface area contributed by atoms with Crippen molar-refractivity contribution in [2.45, 2.75) is 23.2 Å². The number of aryl methyl sites for hydroxylation is 1. The Labute approximate surface area is 188 Å². The van der Waals surface area contributed by atoms with Gasteiger partial charge in [-0.3, -0.25) is 4.79 Å². The van der Waals surface area contributed by atoms with Gasteiger partial charge >= 0.3 is 6.18 Å². The third-order valence-corrected chi connectivity index (χ3v) is 7.31. The maximum absolute atomic E-state index is 13.1. The number of amides is 1. The lowest BCUT2D eigenvalue weighted by atomic mass is 9.94. The van der Waals surface area contributed by atoms with Crippen molar-refractivity contribution in [3.05, 3.63) is 83.8 Å². The minimum Gasteiger partial charge on any atom is -0.347 e. The predicted molar refractivity (Wildman–Crippen MR) is 114 cm³/mol. The fourth-order valence-electron chi connectivity index (χ4n) is 3.86. The molecule has 1 amide bonds. The van der Waals surface area contributed by atoms with Gasteiger partial charge in [0.2, 0.25) is 0 Å². The van der Waals surface area contributed by atoms with Crippen LogP contribution in [0.25, 0.3) is 0 Å². The van der Waals surface area contributed by atoms with E-state index in [0.29, 0.717) is 0 Å². The minimum atomic E-state index is -4.50. The molecule has 7 nitrogen and oxygen atoms in total. The summed E-state index contributed by atoms with van der Waals surface area (Å²) >= 11 is 0. The average molecular weight is 478 g/mol. The van der Waals surface area contributed by atoms with Crippen molar-refractivity contribution < 1.29 is 26.4 Å². The number of sulfonamides is 1. The Morgan fingerprint density at radius 1 is 1.06 bits per heavy atom. The second kappa shape index (κ2) is 8.64. The number of carbonyl (C=O) groups is 1. The highest BCUT2D eigenvalue weighted by Crippen LogP contribution is 2.32. The van der Waals surface area contributed by atoms with Gasteiger partial charge in [-0.1, -0.05) is 30.3 Å². The van der Waals surface area contributed by atoms with Gasteiger partial charge < -0.3 is 9.88 Å². The molecule has 1 N–H and O–H groups in total. The molecule has 1 aliphatic heterocycles. The molecule has 11 heteroatoms. The SMILES string of the molecule is Cn1cnc(S(=O)(=O)N2CC(NC(=O)c3ccc(C(F)(F)F)cc3)C(c3ccccc3)C2)c1.